The number of aliphatic hydroxyl groups is 1. The normalized spacial score (nSPS) is 26.3. The summed E-state index contributed by atoms with van der Waals surface area (Å²) in [6, 6.07) is 2.42. The number of carbonyl (C=O) groups excluding carboxylic acids is 2. The number of amides is 2. The Bertz CT molecular complexity index is 604. The van der Waals surface area contributed by atoms with Gasteiger partial charge in [0.2, 0.25) is 11.8 Å². The van der Waals surface area contributed by atoms with E-state index < -0.39 is 24.1 Å². The number of pyridine rings is 1. The van der Waals surface area contributed by atoms with Gasteiger partial charge in [0.15, 0.2) is 0 Å². The van der Waals surface area contributed by atoms with Crippen molar-refractivity contribution < 1.29 is 14.7 Å². The van der Waals surface area contributed by atoms with Crippen molar-refractivity contribution in [1.29, 1.82) is 0 Å². The molecule has 0 spiro atoms. The van der Waals surface area contributed by atoms with Crippen LogP contribution in [0.15, 0.2) is 24.5 Å². The molecule has 4 N–H and O–H groups in total. The highest BCUT2D eigenvalue weighted by molar-refractivity contribution is 5.86. The molecule has 3 rings (SSSR count). The highest BCUT2D eigenvalue weighted by atomic mass is 16.3. The smallest absolute Gasteiger partial charge is 0.242 e. The first-order valence-corrected chi connectivity index (χ1v) is 8.99. The third-order valence-electron chi connectivity index (χ3n) is 5.18. The van der Waals surface area contributed by atoms with E-state index in [0.29, 0.717) is 5.56 Å². The molecule has 2 fully saturated rings. The molecule has 2 amide bonds. The third kappa shape index (κ3) is 4.16. The summed E-state index contributed by atoms with van der Waals surface area (Å²) in [5.74, 6) is -0.670. The molecule has 0 bridgehead atoms. The van der Waals surface area contributed by atoms with Crippen LogP contribution in [0.1, 0.15) is 50.1 Å². The van der Waals surface area contributed by atoms with Gasteiger partial charge in [0, 0.05) is 25.0 Å². The number of primary amides is 1. The minimum absolute atomic E-state index is 0.153. The summed E-state index contributed by atoms with van der Waals surface area (Å²) in [6.07, 6.45) is 8.27. The van der Waals surface area contributed by atoms with E-state index in [4.69, 9.17) is 5.73 Å². The predicted octanol–water partition coefficient (Wildman–Crippen LogP) is 0.492. The molecule has 2 unspecified atom stereocenters. The number of rotatable bonds is 5. The Morgan fingerprint density at radius 2 is 2.08 bits per heavy atom. The Balaban J connectivity index is 1.84. The molecule has 7 heteroatoms. The second-order valence-electron chi connectivity index (χ2n) is 7.04. The summed E-state index contributed by atoms with van der Waals surface area (Å²) < 4.78 is 0. The van der Waals surface area contributed by atoms with E-state index in [2.05, 4.69) is 10.3 Å². The minimum Gasteiger partial charge on any atom is -0.392 e. The van der Waals surface area contributed by atoms with Gasteiger partial charge in [-0.25, -0.2) is 0 Å². The van der Waals surface area contributed by atoms with Crippen LogP contribution < -0.4 is 11.1 Å². The molecule has 0 aromatic carbocycles. The quantitative estimate of drug-likeness (QED) is 0.719. The average Bonchev–Trinajstić information content (AvgIpc) is 2.98. The van der Waals surface area contributed by atoms with Crippen LogP contribution in [0.3, 0.4) is 0 Å². The number of nitrogens with two attached hydrogens (primary N) is 1. The second kappa shape index (κ2) is 7.93. The first kappa shape index (κ1) is 17.8. The van der Waals surface area contributed by atoms with E-state index in [-0.39, 0.29) is 24.9 Å². The van der Waals surface area contributed by atoms with Crippen LogP contribution in [0.25, 0.3) is 0 Å². The zero-order valence-electron chi connectivity index (χ0n) is 14.3. The maximum absolute atomic E-state index is 13.1. The first-order valence-electron chi connectivity index (χ1n) is 8.99. The van der Waals surface area contributed by atoms with Gasteiger partial charge < -0.3 is 16.2 Å². The second-order valence-corrected chi connectivity index (χ2v) is 7.04. The fourth-order valence-corrected chi connectivity index (χ4v) is 3.96. The molecule has 2 heterocycles. The molecular weight excluding hydrogens is 320 g/mol. The maximum atomic E-state index is 13.1. The number of hydrogen-bond acceptors (Lipinski definition) is 5. The van der Waals surface area contributed by atoms with Gasteiger partial charge in [-0.3, -0.25) is 19.5 Å². The topological polar surface area (TPSA) is 109 Å². The van der Waals surface area contributed by atoms with Crippen LogP contribution in [0.5, 0.6) is 0 Å². The van der Waals surface area contributed by atoms with E-state index >= 15 is 0 Å². The SMILES string of the molecule is NC(=O)C1CC(O)CN1[C@@H](C(=O)NC1CCCCC1)c1cccnc1. The maximum Gasteiger partial charge on any atom is 0.242 e. The zero-order valence-corrected chi connectivity index (χ0v) is 14.3. The highest BCUT2D eigenvalue weighted by Crippen LogP contribution is 2.30. The molecular formula is C18H26N4O3. The standard InChI is InChI=1S/C18H26N4O3/c19-17(24)15-9-14(23)11-22(15)16(12-5-4-8-20-10-12)18(25)21-13-6-2-1-3-7-13/h4-5,8,10,13-16,23H,1-3,6-7,9,11H2,(H2,19,24)(H,21,25)/t14?,15?,16-/m1/s1. The Hall–Kier alpha value is -1.99. The van der Waals surface area contributed by atoms with Crippen molar-refractivity contribution in [1.82, 2.24) is 15.2 Å². The summed E-state index contributed by atoms with van der Waals surface area (Å²) >= 11 is 0. The van der Waals surface area contributed by atoms with Gasteiger partial charge in [0.25, 0.3) is 0 Å². The van der Waals surface area contributed by atoms with Crippen molar-refractivity contribution in [2.75, 3.05) is 6.54 Å². The number of aromatic nitrogens is 1. The lowest BCUT2D eigenvalue weighted by Crippen LogP contribution is -2.49. The van der Waals surface area contributed by atoms with Crippen molar-refractivity contribution >= 4 is 11.8 Å². The van der Waals surface area contributed by atoms with Crippen LogP contribution >= 0.6 is 0 Å². The van der Waals surface area contributed by atoms with Crippen LogP contribution in [-0.2, 0) is 9.59 Å². The van der Waals surface area contributed by atoms with E-state index in [0.717, 1.165) is 25.7 Å². The fourth-order valence-electron chi connectivity index (χ4n) is 3.96. The van der Waals surface area contributed by atoms with Crippen molar-refractivity contribution in [3.05, 3.63) is 30.1 Å². The van der Waals surface area contributed by atoms with Crippen LogP contribution in [0.2, 0.25) is 0 Å². The summed E-state index contributed by atoms with van der Waals surface area (Å²) in [4.78, 5) is 30.7. The predicted molar refractivity (Wildman–Crippen MR) is 92.3 cm³/mol. The van der Waals surface area contributed by atoms with Crippen molar-refractivity contribution in [2.24, 2.45) is 5.73 Å². The van der Waals surface area contributed by atoms with Gasteiger partial charge in [-0.15, -0.1) is 0 Å². The third-order valence-corrected chi connectivity index (χ3v) is 5.18. The molecule has 2 aliphatic rings. The lowest BCUT2D eigenvalue weighted by Gasteiger charge is -2.32. The molecule has 25 heavy (non-hydrogen) atoms. The number of carbonyl (C=O) groups is 2. The molecule has 136 valence electrons. The van der Waals surface area contributed by atoms with Gasteiger partial charge in [-0.05, 0) is 30.9 Å². The van der Waals surface area contributed by atoms with Gasteiger partial charge in [-0.2, -0.15) is 0 Å². The first-order chi connectivity index (χ1) is 12.1. The molecule has 1 saturated heterocycles. The van der Waals surface area contributed by atoms with Crippen molar-refractivity contribution in [2.45, 2.75) is 62.8 Å². The zero-order chi connectivity index (χ0) is 17.8. The van der Waals surface area contributed by atoms with Crippen LogP contribution in [0.4, 0.5) is 0 Å². The summed E-state index contributed by atoms with van der Waals surface area (Å²) in [5, 5.41) is 13.1. The number of hydrogen-bond donors (Lipinski definition) is 3. The molecule has 1 aliphatic heterocycles. The summed E-state index contributed by atoms with van der Waals surface area (Å²) in [6.45, 7) is 0.241. The number of nitrogens with zero attached hydrogens (tertiary/aromatic N) is 2. The number of β-amino-alcohol motifs (C(OH)–C–C–N with tert-alkyl or cyclic N) is 1. The molecule has 1 saturated carbocycles. The lowest BCUT2D eigenvalue weighted by atomic mass is 9.94. The molecule has 0 radical (unpaired) electrons. The largest absolute Gasteiger partial charge is 0.392 e. The highest BCUT2D eigenvalue weighted by Gasteiger charge is 2.42. The fraction of sp³-hybridized carbons (Fsp3) is 0.611. The summed E-state index contributed by atoms with van der Waals surface area (Å²) in [5.41, 5.74) is 6.22. The molecule has 7 nitrogen and oxygen atoms in total. The number of nitrogens with one attached hydrogen (secondary N) is 1. The Labute approximate surface area is 147 Å². The Kier molecular flexibility index (Phi) is 5.65. The van der Waals surface area contributed by atoms with Gasteiger partial charge in [-0.1, -0.05) is 25.3 Å². The average molecular weight is 346 g/mol. The van der Waals surface area contributed by atoms with E-state index in [9.17, 15) is 14.7 Å². The van der Waals surface area contributed by atoms with Crippen LogP contribution in [-0.4, -0.2) is 51.5 Å². The van der Waals surface area contributed by atoms with E-state index in [1.54, 1.807) is 23.4 Å². The van der Waals surface area contributed by atoms with Gasteiger partial charge >= 0.3 is 0 Å². The Morgan fingerprint density at radius 1 is 1.32 bits per heavy atom. The molecule has 1 aromatic heterocycles. The monoisotopic (exact) mass is 346 g/mol. The number of aliphatic hydroxyl groups excluding tert-OH is 1. The minimum atomic E-state index is -0.676. The van der Waals surface area contributed by atoms with E-state index in [1.165, 1.54) is 6.42 Å². The van der Waals surface area contributed by atoms with Gasteiger partial charge in [0.05, 0.1) is 12.1 Å². The molecule has 1 aliphatic carbocycles. The molecule has 3 atom stereocenters. The van der Waals surface area contributed by atoms with Gasteiger partial charge in [0.1, 0.15) is 6.04 Å². The summed E-state index contributed by atoms with van der Waals surface area (Å²) in [7, 11) is 0. The Morgan fingerprint density at radius 3 is 2.72 bits per heavy atom. The van der Waals surface area contributed by atoms with E-state index in [1.807, 2.05) is 6.07 Å². The molecule has 1 aromatic rings. The van der Waals surface area contributed by atoms with Crippen molar-refractivity contribution in [3.63, 3.8) is 0 Å². The number of likely N-dealkylation sites (tertiary alicyclic amines) is 1. The van der Waals surface area contributed by atoms with Crippen molar-refractivity contribution in [3.8, 4) is 0 Å². The lowest BCUT2D eigenvalue weighted by molar-refractivity contribution is -0.130. The van der Waals surface area contributed by atoms with Crippen LogP contribution in [0, 0.1) is 0 Å².